The Balaban J connectivity index is 1.53. The van der Waals surface area contributed by atoms with E-state index in [0.29, 0.717) is 42.7 Å². The molecule has 3 aromatic rings. The predicted octanol–water partition coefficient (Wildman–Crippen LogP) is 2.32. The molecule has 164 valence electrons. The molecule has 2 aliphatic heterocycles. The number of hydrogen-bond donors (Lipinski definition) is 3. The zero-order valence-electron chi connectivity index (χ0n) is 17.8. The molecule has 0 amide bonds. The van der Waals surface area contributed by atoms with Crippen LogP contribution >= 0.6 is 0 Å². The molecule has 0 saturated heterocycles. The number of hydrogen-bond acceptors (Lipinski definition) is 7. The molecule has 1 aromatic heterocycles. The maximum atomic E-state index is 13.6. The Morgan fingerprint density at radius 1 is 1.19 bits per heavy atom. The van der Waals surface area contributed by atoms with Crippen LogP contribution in [-0.2, 0) is 19.4 Å². The van der Waals surface area contributed by atoms with Gasteiger partial charge in [-0.2, -0.15) is 9.97 Å². The summed E-state index contributed by atoms with van der Waals surface area (Å²) in [6, 6.07) is 12.0. The Hall–Kier alpha value is -3.17. The summed E-state index contributed by atoms with van der Waals surface area (Å²) in [7, 11) is -1.53. The molecule has 0 spiro atoms. The fourth-order valence-corrected chi connectivity index (χ4v) is 4.51. The highest BCUT2D eigenvalue weighted by Crippen LogP contribution is 2.39. The van der Waals surface area contributed by atoms with Crippen LogP contribution in [-0.4, -0.2) is 39.8 Å². The van der Waals surface area contributed by atoms with Crippen LogP contribution in [0.15, 0.2) is 42.5 Å². The molecule has 3 N–H and O–H groups in total. The van der Waals surface area contributed by atoms with Crippen molar-refractivity contribution in [2.45, 2.75) is 38.8 Å². The van der Waals surface area contributed by atoms with Gasteiger partial charge < -0.3 is 25.0 Å². The first-order valence-corrected chi connectivity index (χ1v) is 10.8. The highest BCUT2D eigenvalue weighted by atomic mass is 19.1. The van der Waals surface area contributed by atoms with Crippen molar-refractivity contribution in [1.29, 1.82) is 0 Å². The minimum atomic E-state index is -1.53. The lowest BCUT2D eigenvalue weighted by Gasteiger charge is -2.26. The van der Waals surface area contributed by atoms with Crippen LogP contribution in [0, 0.1) is 5.82 Å². The Bertz CT molecular complexity index is 1160. The first-order chi connectivity index (χ1) is 15.5. The molecule has 2 aromatic carbocycles. The van der Waals surface area contributed by atoms with E-state index in [1.54, 1.807) is 18.2 Å². The van der Waals surface area contributed by atoms with Crippen LogP contribution in [0.4, 0.5) is 21.8 Å². The topological polar surface area (TPSA) is 90.7 Å². The van der Waals surface area contributed by atoms with Crippen LogP contribution in [0.2, 0.25) is 0 Å². The van der Waals surface area contributed by atoms with Gasteiger partial charge in [0.15, 0.2) is 0 Å². The SMILES string of the molecule is CC1Cc2c(B(O)O)cccc2N1c1nc(NCc2cccc(F)c2)c2c(n1)OCCC2. The van der Waals surface area contributed by atoms with Crippen molar-refractivity contribution < 1.29 is 19.2 Å². The molecule has 1 unspecified atom stereocenters. The summed E-state index contributed by atoms with van der Waals surface area (Å²) in [6.45, 7) is 3.07. The van der Waals surface area contributed by atoms with Crippen LogP contribution in [0.5, 0.6) is 5.88 Å². The van der Waals surface area contributed by atoms with Gasteiger partial charge in [0, 0.05) is 18.3 Å². The lowest BCUT2D eigenvalue weighted by atomic mass is 9.76. The quantitative estimate of drug-likeness (QED) is 0.531. The molecule has 3 heterocycles. The van der Waals surface area contributed by atoms with Crippen molar-refractivity contribution in [1.82, 2.24) is 9.97 Å². The van der Waals surface area contributed by atoms with Gasteiger partial charge in [-0.3, -0.25) is 0 Å². The van der Waals surface area contributed by atoms with Gasteiger partial charge in [0.25, 0.3) is 0 Å². The van der Waals surface area contributed by atoms with E-state index in [2.05, 4.69) is 12.2 Å². The Morgan fingerprint density at radius 3 is 2.84 bits per heavy atom. The van der Waals surface area contributed by atoms with Crippen molar-refractivity contribution in [3.05, 3.63) is 65.0 Å². The van der Waals surface area contributed by atoms with E-state index in [9.17, 15) is 14.4 Å². The van der Waals surface area contributed by atoms with Gasteiger partial charge in [0.05, 0.1) is 12.2 Å². The zero-order chi connectivity index (χ0) is 22.2. The number of aromatic nitrogens is 2. The van der Waals surface area contributed by atoms with Gasteiger partial charge in [0.1, 0.15) is 11.6 Å². The molecule has 9 heteroatoms. The second kappa shape index (κ2) is 8.40. The molecule has 0 aliphatic carbocycles. The highest BCUT2D eigenvalue weighted by Gasteiger charge is 2.34. The van der Waals surface area contributed by atoms with Crippen molar-refractivity contribution in [2.75, 3.05) is 16.8 Å². The van der Waals surface area contributed by atoms with Crippen LogP contribution in [0.3, 0.4) is 0 Å². The van der Waals surface area contributed by atoms with Gasteiger partial charge >= 0.3 is 7.12 Å². The Kier molecular flexibility index (Phi) is 5.44. The normalized spacial score (nSPS) is 16.9. The van der Waals surface area contributed by atoms with Crippen LogP contribution in [0.25, 0.3) is 0 Å². The van der Waals surface area contributed by atoms with E-state index >= 15 is 0 Å². The summed E-state index contributed by atoms with van der Waals surface area (Å²) in [4.78, 5) is 11.6. The van der Waals surface area contributed by atoms with E-state index in [1.165, 1.54) is 12.1 Å². The standard InChI is InChI=1S/C23H24BFN4O3/c1-14-11-18-19(24(30)31)8-3-9-20(18)29(14)23-27-21(17-7-4-10-32-22(17)28-23)26-13-15-5-2-6-16(25)12-15/h2-3,5-6,8-9,12,14,30-31H,4,7,10-11,13H2,1H3,(H,26,27,28). The molecule has 0 fully saturated rings. The molecular weight excluding hydrogens is 410 g/mol. The van der Waals surface area contributed by atoms with Crippen LogP contribution in [0.1, 0.15) is 30.0 Å². The maximum Gasteiger partial charge on any atom is 0.488 e. The number of halogens is 1. The minimum Gasteiger partial charge on any atom is -0.477 e. The van der Waals surface area contributed by atoms with Crippen LogP contribution < -0.4 is 20.4 Å². The third-order valence-electron chi connectivity index (χ3n) is 6.00. The number of nitrogens with one attached hydrogen (secondary N) is 1. The monoisotopic (exact) mass is 434 g/mol. The summed E-state index contributed by atoms with van der Waals surface area (Å²) in [5.74, 6) is 1.44. The molecule has 0 radical (unpaired) electrons. The third-order valence-corrected chi connectivity index (χ3v) is 6.00. The predicted molar refractivity (Wildman–Crippen MR) is 121 cm³/mol. The molecule has 0 bridgehead atoms. The first-order valence-electron chi connectivity index (χ1n) is 10.8. The summed E-state index contributed by atoms with van der Waals surface area (Å²) in [5, 5.41) is 22.9. The largest absolute Gasteiger partial charge is 0.488 e. The van der Waals surface area contributed by atoms with Gasteiger partial charge in [0.2, 0.25) is 11.8 Å². The van der Waals surface area contributed by atoms with Crippen molar-refractivity contribution >= 4 is 30.0 Å². The fraction of sp³-hybridized carbons (Fsp3) is 0.304. The molecule has 7 nitrogen and oxygen atoms in total. The summed E-state index contributed by atoms with van der Waals surface area (Å²) < 4.78 is 19.5. The molecule has 32 heavy (non-hydrogen) atoms. The number of ether oxygens (including phenoxy) is 1. The average Bonchev–Trinajstić information content (AvgIpc) is 3.13. The Labute approximate surface area is 186 Å². The van der Waals surface area contributed by atoms with Gasteiger partial charge in [-0.15, -0.1) is 0 Å². The van der Waals surface area contributed by atoms with Gasteiger partial charge in [-0.05, 0) is 61.0 Å². The van der Waals surface area contributed by atoms with Crippen molar-refractivity contribution in [2.24, 2.45) is 0 Å². The molecule has 2 aliphatic rings. The summed E-state index contributed by atoms with van der Waals surface area (Å²) in [6.07, 6.45) is 2.33. The van der Waals surface area contributed by atoms with E-state index in [0.717, 1.165) is 35.2 Å². The fourth-order valence-electron chi connectivity index (χ4n) is 4.51. The number of fused-ring (bicyclic) bond motifs is 2. The van der Waals surface area contributed by atoms with Crippen molar-refractivity contribution in [3.8, 4) is 5.88 Å². The van der Waals surface area contributed by atoms with E-state index in [1.807, 2.05) is 17.0 Å². The highest BCUT2D eigenvalue weighted by molar-refractivity contribution is 6.59. The van der Waals surface area contributed by atoms with Gasteiger partial charge in [-0.1, -0.05) is 24.3 Å². The molecule has 5 rings (SSSR count). The summed E-state index contributed by atoms with van der Waals surface area (Å²) >= 11 is 0. The maximum absolute atomic E-state index is 13.6. The van der Waals surface area contributed by atoms with E-state index < -0.39 is 7.12 Å². The number of nitrogens with zero attached hydrogens (tertiary/aromatic N) is 3. The van der Waals surface area contributed by atoms with Gasteiger partial charge in [-0.25, -0.2) is 4.39 Å². The molecular formula is C23H24BFN4O3. The second-order valence-corrected chi connectivity index (χ2v) is 8.23. The molecule has 0 saturated carbocycles. The molecule has 1 atom stereocenters. The lowest BCUT2D eigenvalue weighted by molar-refractivity contribution is 0.276. The Morgan fingerprint density at radius 2 is 2.03 bits per heavy atom. The second-order valence-electron chi connectivity index (χ2n) is 8.23. The zero-order valence-corrected chi connectivity index (χ0v) is 17.8. The average molecular weight is 434 g/mol. The van der Waals surface area contributed by atoms with E-state index in [4.69, 9.17) is 14.7 Å². The van der Waals surface area contributed by atoms with E-state index in [-0.39, 0.29) is 11.9 Å². The number of benzene rings is 2. The summed E-state index contributed by atoms with van der Waals surface area (Å²) in [5.41, 5.74) is 3.97. The number of rotatable bonds is 5. The third kappa shape index (κ3) is 3.78. The first kappa shape index (κ1) is 20.7. The minimum absolute atomic E-state index is 0.0302. The van der Waals surface area contributed by atoms with Crippen molar-refractivity contribution in [3.63, 3.8) is 0 Å². The smallest absolute Gasteiger partial charge is 0.477 e. The lowest BCUT2D eigenvalue weighted by Crippen LogP contribution is -2.32. The number of anilines is 3.